The van der Waals surface area contributed by atoms with Crippen molar-refractivity contribution in [2.75, 3.05) is 33.4 Å². The monoisotopic (exact) mass is 470 g/mol. The smallest absolute Gasteiger partial charge is 0.343 e. The number of amides is 1. The SMILES string of the molecule is COc1cc(/C=C(\C#N)C(=O)N2CCOCC2)ccc1OC(=O)c1ccc(Br)cc1. The number of esters is 1. The largest absolute Gasteiger partial charge is 0.493 e. The topological polar surface area (TPSA) is 88.9 Å². The maximum absolute atomic E-state index is 12.6. The van der Waals surface area contributed by atoms with Crippen LogP contribution in [0.25, 0.3) is 6.08 Å². The number of halogens is 1. The van der Waals surface area contributed by atoms with Crippen LogP contribution in [-0.2, 0) is 9.53 Å². The Hall–Kier alpha value is -3.15. The van der Waals surface area contributed by atoms with Crippen LogP contribution in [0, 0.1) is 11.3 Å². The Morgan fingerprint density at radius 2 is 1.83 bits per heavy atom. The highest BCUT2D eigenvalue weighted by Gasteiger charge is 2.21. The van der Waals surface area contributed by atoms with Gasteiger partial charge in [-0.15, -0.1) is 0 Å². The van der Waals surface area contributed by atoms with Crippen LogP contribution in [0.3, 0.4) is 0 Å². The predicted octanol–water partition coefficient (Wildman–Crippen LogP) is 3.44. The second-order valence-corrected chi connectivity index (χ2v) is 7.30. The number of morpholine rings is 1. The minimum Gasteiger partial charge on any atom is -0.493 e. The first-order valence-corrected chi connectivity index (χ1v) is 9.95. The van der Waals surface area contributed by atoms with Crippen molar-refractivity contribution in [1.82, 2.24) is 4.90 Å². The van der Waals surface area contributed by atoms with Crippen molar-refractivity contribution >= 4 is 33.9 Å². The van der Waals surface area contributed by atoms with Gasteiger partial charge in [0.05, 0.1) is 25.9 Å². The van der Waals surface area contributed by atoms with Crippen molar-refractivity contribution in [2.45, 2.75) is 0 Å². The van der Waals surface area contributed by atoms with Gasteiger partial charge in [-0.2, -0.15) is 5.26 Å². The Labute approximate surface area is 182 Å². The molecule has 0 aromatic heterocycles. The van der Waals surface area contributed by atoms with E-state index in [1.54, 1.807) is 47.4 Å². The fraction of sp³-hybridized carbons (Fsp3) is 0.227. The molecule has 30 heavy (non-hydrogen) atoms. The van der Waals surface area contributed by atoms with E-state index in [0.717, 1.165) is 4.47 Å². The first-order valence-electron chi connectivity index (χ1n) is 9.16. The molecule has 1 aliphatic heterocycles. The molecule has 1 amide bonds. The third-order valence-electron chi connectivity index (χ3n) is 4.43. The van der Waals surface area contributed by atoms with Gasteiger partial charge in [-0.25, -0.2) is 4.79 Å². The Kier molecular flexibility index (Phi) is 7.22. The maximum Gasteiger partial charge on any atom is 0.343 e. The lowest BCUT2D eigenvalue weighted by atomic mass is 10.1. The van der Waals surface area contributed by atoms with Gasteiger partial charge in [0.15, 0.2) is 11.5 Å². The molecule has 154 valence electrons. The Morgan fingerprint density at radius 3 is 2.47 bits per heavy atom. The molecule has 1 fully saturated rings. The average Bonchev–Trinajstić information content (AvgIpc) is 2.78. The van der Waals surface area contributed by atoms with Gasteiger partial charge in [-0.05, 0) is 48.0 Å². The van der Waals surface area contributed by atoms with Crippen molar-refractivity contribution in [1.29, 1.82) is 5.26 Å². The second kappa shape index (κ2) is 10.1. The van der Waals surface area contributed by atoms with Gasteiger partial charge >= 0.3 is 5.97 Å². The molecular formula is C22H19BrN2O5. The van der Waals surface area contributed by atoms with Gasteiger partial charge in [0.2, 0.25) is 0 Å². The lowest BCUT2D eigenvalue weighted by Gasteiger charge is -2.26. The van der Waals surface area contributed by atoms with E-state index in [2.05, 4.69) is 15.9 Å². The molecule has 0 N–H and O–H groups in total. The number of methoxy groups -OCH3 is 1. The van der Waals surface area contributed by atoms with Crippen LogP contribution in [0.1, 0.15) is 15.9 Å². The number of hydrogen-bond donors (Lipinski definition) is 0. The molecule has 0 bridgehead atoms. The summed E-state index contributed by atoms with van der Waals surface area (Å²) in [5.74, 6) is -0.319. The molecule has 1 saturated heterocycles. The van der Waals surface area contributed by atoms with Gasteiger partial charge < -0.3 is 19.1 Å². The highest BCUT2D eigenvalue weighted by atomic mass is 79.9. The summed E-state index contributed by atoms with van der Waals surface area (Å²) < 4.78 is 16.9. The number of rotatable bonds is 5. The van der Waals surface area contributed by atoms with E-state index in [1.165, 1.54) is 13.2 Å². The number of ether oxygens (including phenoxy) is 3. The van der Waals surface area contributed by atoms with E-state index in [-0.39, 0.29) is 17.2 Å². The van der Waals surface area contributed by atoms with E-state index < -0.39 is 5.97 Å². The lowest BCUT2D eigenvalue weighted by molar-refractivity contribution is -0.130. The number of carbonyl (C=O) groups is 2. The number of carbonyl (C=O) groups excluding carboxylic acids is 2. The second-order valence-electron chi connectivity index (χ2n) is 6.38. The van der Waals surface area contributed by atoms with E-state index in [9.17, 15) is 14.9 Å². The van der Waals surface area contributed by atoms with Crippen LogP contribution in [0.2, 0.25) is 0 Å². The summed E-state index contributed by atoms with van der Waals surface area (Å²) in [7, 11) is 1.45. The summed E-state index contributed by atoms with van der Waals surface area (Å²) >= 11 is 3.32. The van der Waals surface area contributed by atoms with Crippen molar-refractivity contribution in [2.24, 2.45) is 0 Å². The lowest BCUT2D eigenvalue weighted by Crippen LogP contribution is -2.41. The minimum atomic E-state index is -0.524. The molecule has 0 unspecified atom stereocenters. The predicted molar refractivity (Wildman–Crippen MR) is 113 cm³/mol. The van der Waals surface area contributed by atoms with Gasteiger partial charge in [0.25, 0.3) is 5.91 Å². The van der Waals surface area contributed by atoms with E-state index in [0.29, 0.717) is 43.2 Å². The minimum absolute atomic E-state index is 0.0126. The van der Waals surface area contributed by atoms with Crippen LogP contribution >= 0.6 is 15.9 Å². The van der Waals surface area contributed by atoms with Crippen LogP contribution in [0.4, 0.5) is 0 Å². The number of benzene rings is 2. The third-order valence-corrected chi connectivity index (χ3v) is 4.96. The third kappa shape index (κ3) is 5.26. The molecule has 1 aliphatic rings. The highest BCUT2D eigenvalue weighted by Crippen LogP contribution is 2.30. The zero-order valence-corrected chi connectivity index (χ0v) is 17.8. The molecule has 8 heteroatoms. The molecule has 0 atom stereocenters. The summed E-state index contributed by atoms with van der Waals surface area (Å²) in [4.78, 5) is 26.5. The summed E-state index contributed by atoms with van der Waals surface area (Å²) in [6, 6.07) is 13.6. The molecule has 0 radical (unpaired) electrons. The fourth-order valence-corrected chi connectivity index (χ4v) is 3.11. The highest BCUT2D eigenvalue weighted by molar-refractivity contribution is 9.10. The number of nitrogens with zero attached hydrogens (tertiary/aromatic N) is 2. The van der Waals surface area contributed by atoms with Crippen molar-refractivity contribution in [3.63, 3.8) is 0 Å². The standard InChI is InChI=1S/C22H19BrN2O5/c1-28-20-13-15(12-17(14-24)21(26)25-8-10-29-11-9-25)2-7-19(20)30-22(27)16-3-5-18(23)6-4-16/h2-7,12-13H,8-11H2,1H3/b17-12+. The molecule has 7 nitrogen and oxygen atoms in total. The van der Waals surface area contributed by atoms with E-state index in [1.807, 2.05) is 6.07 Å². The zero-order valence-electron chi connectivity index (χ0n) is 16.3. The Balaban J connectivity index is 1.79. The van der Waals surface area contributed by atoms with Gasteiger partial charge in [-0.1, -0.05) is 22.0 Å². The molecule has 1 heterocycles. The first-order chi connectivity index (χ1) is 14.5. The summed E-state index contributed by atoms with van der Waals surface area (Å²) in [6.07, 6.45) is 1.49. The quantitative estimate of drug-likeness (QED) is 0.287. The number of hydrogen-bond acceptors (Lipinski definition) is 6. The van der Waals surface area contributed by atoms with Gasteiger partial charge in [0.1, 0.15) is 11.6 Å². The van der Waals surface area contributed by atoms with Crippen molar-refractivity contribution < 1.29 is 23.8 Å². The zero-order chi connectivity index (χ0) is 21.5. The van der Waals surface area contributed by atoms with Crippen LogP contribution in [0.5, 0.6) is 11.5 Å². The van der Waals surface area contributed by atoms with Crippen molar-refractivity contribution in [3.8, 4) is 17.6 Å². The van der Waals surface area contributed by atoms with Crippen LogP contribution in [-0.4, -0.2) is 50.2 Å². The molecule has 0 spiro atoms. The van der Waals surface area contributed by atoms with Crippen LogP contribution < -0.4 is 9.47 Å². The first kappa shape index (κ1) is 21.6. The van der Waals surface area contributed by atoms with Gasteiger partial charge in [0, 0.05) is 17.6 Å². The summed E-state index contributed by atoms with van der Waals surface area (Å²) in [5.41, 5.74) is 0.985. The summed E-state index contributed by atoms with van der Waals surface area (Å²) in [5, 5.41) is 9.43. The van der Waals surface area contributed by atoms with E-state index >= 15 is 0 Å². The average molecular weight is 471 g/mol. The van der Waals surface area contributed by atoms with Crippen molar-refractivity contribution in [3.05, 3.63) is 63.6 Å². The molecule has 0 saturated carbocycles. The number of nitriles is 1. The van der Waals surface area contributed by atoms with Gasteiger partial charge in [-0.3, -0.25) is 4.79 Å². The Bertz CT molecular complexity index is 1010. The molecule has 2 aromatic carbocycles. The van der Waals surface area contributed by atoms with Crippen LogP contribution in [0.15, 0.2) is 52.5 Å². The molecule has 3 rings (SSSR count). The molecule has 0 aliphatic carbocycles. The fourth-order valence-electron chi connectivity index (χ4n) is 2.85. The Morgan fingerprint density at radius 1 is 1.13 bits per heavy atom. The molecule has 2 aromatic rings. The normalized spacial score (nSPS) is 14.0. The van der Waals surface area contributed by atoms with E-state index in [4.69, 9.17) is 14.2 Å². The maximum atomic E-state index is 12.6. The molecular weight excluding hydrogens is 452 g/mol. The summed E-state index contributed by atoms with van der Waals surface area (Å²) in [6.45, 7) is 1.81.